The molecule has 0 aliphatic carbocycles. The number of nitrogens with zero attached hydrogens (tertiary/aromatic N) is 3. The van der Waals surface area contributed by atoms with Gasteiger partial charge in [-0.2, -0.15) is 0 Å². The van der Waals surface area contributed by atoms with Crippen molar-refractivity contribution in [2.24, 2.45) is 14.1 Å². The molecule has 1 saturated heterocycles. The molecule has 2 aromatic rings. The average molecular weight is 266 g/mol. The summed E-state index contributed by atoms with van der Waals surface area (Å²) in [4.78, 5) is 29.4. The van der Waals surface area contributed by atoms with Crippen LogP contribution in [0.5, 0.6) is 0 Å². The molecule has 0 saturated carbocycles. The van der Waals surface area contributed by atoms with Crippen LogP contribution in [0, 0.1) is 0 Å². The third-order valence-electron chi connectivity index (χ3n) is 2.99. The van der Waals surface area contributed by atoms with Crippen molar-refractivity contribution in [3.8, 4) is 0 Å². The standard InChI is InChI=1S/C7H8N4O2.C4H10N2/c1-10-5-4(8-3-9-5)6(12)11(2)7(10)13;1-2-6-4-3-5-1/h3H,1-2H3,(H,8,9);5-6H,1-4H2. The molecule has 0 aromatic carbocycles. The molecule has 1 aliphatic heterocycles. The molecule has 1 aliphatic rings. The highest BCUT2D eigenvalue weighted by Gasteiger charge is 2.08. The molecule has 8 nitrogen and oxygen atoms in total. The highest BCUT2D eigenvalue weighted by molar-refractivity contribution is 5.68. The summed E-state index contributed by atoms with van der Waals surface area (Å²) in [6, 6.07) is 0. The SMILES string of the molecule is C1CNCCN1.Cn1c(=O)c2[nH]cnc2n(C)c1=O. The lowest BCUT2D eigenvalue weighted by Gasteiger charge is -2.11. The molecule has 0 amide bonds. The van der Waals surface area contributed by atoms with Crippen molar-refractivity contribution >= 4 is 11.2 Å². The first-order chi connectivity index (χ1) is 9.13. The quantitative estimate of drug-likeness (QED) is 0.519. The first kappa shape index (κ1) is 13.5. The van der Waals surface area contributed by atoms with E-state index in [4.69, 9.17) is 0 Å². The van der Waals surface area contributed by atoms with Gasteiger partial charge in [0.25, 0.3) is 5.56 Å². The summed E-state index contributed by atoms with van der Waals surface area (Å²) in [6.07, 6.45) is 1.39. The molecule has 104 valence electrons. The second-order valence-corrected chi connectivity index (χ2v) is 4.31. The Bertz CT molecular complexity index is 652. The van der Waals surface area contributed by atoms with E-state index in [2.05, 4.69) is 20.6 Å². The molecule has 3 heterocycles. The maximum atomic E-state index is 11.4. The minimum Gasteiger partial charge on any atom is -0.339 e. The Morgan fingerprint density at radius 1 is 1.05 bits per heavy atom. The number of aryl methyl sites for hydroxylation is 1. The van der Waals surface area contributed by atoms with Gasteiger partial charge in [0.15, 0.2) is 5.65 Å². The minimum atomic E-state index is -0.371. The van der Waals surface area contributed by atoms with E-state index in [1.807, 2.05) is 0 Å². The first-order valence-electron chi connectivity index (χ1n) is 6.13. The van der Waals surface area contributed by atoms with Crippen LogP contribution < -0.4 is 21.9 Å². The Hall–Kier alpha value is -1.93. The minimum absolute atomic E-state index is 0.351. The molecule has 3 N–H and O–H groups in total. The van der Waals surface area contributed by atoms with Crippen LogP contribution in [0.15, 0.2) is 15.9 Å². The highest BCUT2D eigenvalue weighted by atomic mass is 16.2. The van der Waals surface area contributed by atoms with E-state index in [9.17, 15) is 9.59 Å². The lowest BCUT2D eigenvalue weighted by atomic mass is 10.4. The fraction of sp³-hybridized carbons (Fsp3) is 0.545. The number of fused-ring (bicyclic) bond motifs is 1. The van der Waals surface area contributed by atoms with E-state index in [1.54, 1.807) is 7.05 Å². The van der Waals surface area contributed by atoms with Crippen LogP contribution in [-0.4, -0.2) is 45.3 Å². The number of nitrogens with one attached hydrogen (secondary N) is 3. The van der Waals surface area contributed by atoms with Crippen molar-refractivity contribution in [2.75, 3.05) is 26.2 Å². The van der Waals surface area contributed by atoms with Gasteiger partial charge in [0, 0.05) is 40.3 Å². The smallest absolute Gasteiger partial charge is 0.332 e. The van der Waals surface area contributed by atoms with E-state index in [-0.39, 0.29) is 11.2 Å². The van der Waals surface area contributed by atoms with Crippen LogP contribution >= 0.6 is 0 Å². The van der Waals surface area contributed by atoms with Gasteiger partial charge < -0.3 is 15.6 Å². The Morgan fingerprint density at radius 2 is 1.63 bits per heavy atom. The zero-order chi connectivity index (χ0) is 13.8. The fourth-order valence-corrected chi connectivity index (χ4v) is 1.87. The van der Waals surface area contributed by atoms with E-state index < -0.39 is 0 Å². The lowest BCUT2D eigenvalue weighted by molar-refractivity contribution is 0.534. The van der Waals surface area contributed by atoms with Gasteiger partial charge in [-0.05, 0) is 0 Å². The van der Waals surface area contributed by atoms with Crippen LogP contribution in [0.4, 0.5) is 0 Å². The van der Waals surface area contributed by atoms with Crippen LogP contribution in [0.3, 0.4) is 0 Å². The van der Waals surface area contributed by atoms with Gasteiger partial charge >= 0.3 is 5.69 Å². The number of aromatic amines is 1. The number of rotatable bonds is 0. The zero-order valence-electron chi connectivity index (χ0n) is 11.1. The number of piperazine rings is 1. The van der Waals surface area contributed by atoms with E-state index in [0.29, 0.717) is 11.2 Å². The van der Waals surface area contributed by atoms with Gasteiger partial charge in [-0.3, -0.25) is 13.9 Å². The van der Waals surface area contributed by atoms with Crippen LogP contribution in [0.25, 0.3) is 11.2 Å². The summed E-state index contributed by atoms with van der Waals surface area (Å²) in [5, 5.41) is 6.44. The second kappa shape index (κ2) is 5.81. The second-order valence-electron chi connectivity index (χ2n) is 4.31. The maximum absolute atomic E-state index is 11.4. The number of imidazole rings is 1. The van der Waals surface area contributed by atoms with Gasteiger partial charge in [-0.15, -0.1) is 0 Å². The first-order valence-corrected chi connectivity index (χ1v) is 6.13. The molecule has 19 heavy (non-hydrogen) atoms. The molecule has 8 heteroatoms. The van der Waals surface area contributed by atoms with Crippen molar-refractivity contribution in [1.29, 1.82) is 0 Å². The summed E-state index contributed by atoms with van der Waals surface area (Å²) in [7, 11) is 3.01. The van der Waals surface area contributed by atoms with Crippen LogP contribution in [0.1, 0.15) is 0 Å². The Balaban J connectivity index is 0.000000186. The lowest BCUT2D eigenvalue weighted by Crippen LogP contribution is -2.39. The predicted molar refractivity (Wildman–Crippen MR) is 72.3 cm³/mol. The Labute approximate surface area is 109 Å². The van der Waals surface area contributed by atoms with Crippen LogP contribution in [-0.2, 0) is 14.1 Å². The third kappa shape index (κ3) is 2.74. The summed E-state index contributed by atoms with van der Waals surface area (Å²) in [6.45, 7) is 4.56. The van der Waals surface area contributed by atoms with Gasteiger partial charge in [0.05, 0.1) is 6.33 Å². The average Bonchev–Trinajstić information content (AvgIpc) is 2.95. The largest absolute Gasteiger partial charge is 0.339 e. The third-order valence-corrected chi connectivity index (χ3v) is 2.99. The number of hydrogen-bond acceptors (Lipinski definition) is 5. The molecule has 3 rings (SSSR count). The van der Waals surface area contributed by atoms with Gasteiger partial charge in [0.1, 0.15) is 5.52 Å². The molecule has 0 spiro atoms. The summed E-state index contributed by atoms with van der Waals surface area (Å²) >= 11 is 0. The number of H-pyrrole nitrogens is 1. The molecular formula is C11H18N6O2. The summed E-state index contributed by atoms with van der Waals surface area (Å²) in [5.74, 6) is 0. The van der Waals surface area contributed by atoms with Crippen molar-refractivity contribution < 1.29 is 0 Å². The molecule has 0 unspecified atom stereocenters. The normalized spacial score (nSPS) is 15.1. The monoisotopic (exact) mass is 266 g/mol. The van der Waals surface area contributed by atoms with E-state index in [1.165, 1.54) is 17.9 Å². The molecule has 1 fully saturated rings. The number of hydrogen-bond donors (Lipinski definition) is 3. The molecular weight excluding hydrogens is 248 g/mol. The number of aromatic nitrogens is 4. The van der Waals surface area contributed by atoms with E-state index in [0.717, 1.165) is 30.7 Å². The predicted octanol–water partition coefficient (Wildman–Crippen LogP) is -1.86. The maximum Gasteiger partial charge on any atom is 0.332 e. The van der Waals surface area contributed by atoms with Crippen molar-refractivity contribution in [2.45, 2.75) is 0 Å². The van der Waals surface area contributed by atoms with Gasteiger partial charge in [0.2, 0.25) is 0 Å². The Morgan fingerprint density at radius 3 is 2.16 bits per heavy atom. The molecule has 0 radical (unpaired) electrons. The Kier molecular flexibility index (Phi) is 4.13. The topological polar surface area (TPSA) is 96.7 Å². The molecule has 0 atom stereocenters. The molecule has 2 aromatic heterocycles. The summed E-state index contributed by atoms with van der Waals surface area (Å²) in [5.41, 5.74) is 0.0119. The van der Waals surface area contributed by atoms with Gasteiger partial charge in [-0.1, -0.05) is 0 Å². The fourth-order valence-electron chi connectivity index (χ4n) is 1.87. The summed E-state index contributed by atoms with van der Waals surface area (Å²) < 4.78 is 2.37. The zero-order valence-corrected chi connectivity index (χ0v) is 11.1. The van der Waals surface area contributed by atoms with Crippen LogP contribution in [0.2, 0.25) is 0 Å². The highest BCUT2D eigenvalue weighted by Crippen LogP contribution is 1.97. The molecule has 0 bridgehead atoms. The van der Waals surface area contributed by atoms with E-state index >= 15 is 0 Å². The van der Waals surface area contributed by atoms with Gasteiger partial charge in [-0.25, -0.2) is 9.78 Å². The van der Waals surface area contributed by atoms with Crippen molar-refractivity contribution in [3.05, 3.63) is 27.2 Å². The van der Waals surface area contributed by atoms with Crippen molar-refractivity contribution in [1.82, 2.24) is 29.7 Å². The van der Waals surface area contributed by atoms with Crippen molar-refractivity contribution in [3.63, 3.8) is 0 Å².